The van der Waals surface area contributed by atoms with Gasteiger partial charge in [-0.25, -0.2) is 11.3 Å². The van der Waals surface area contributed by atoms with Crippen molar-refractivity contribution in [3.63, 3.8) is 0 Å². The van der Waals surface area contributed by atoms with Gasteiger partial charge in [0.1, 0.15) is 0 Å². The maximum Gasteiger partial charge on any atom is 0.0849 e. The summed E-state index contributed by atoms with van der Waals surface area (Å²) in [6, 6.07) is 17.3. The van der Waals surface area contributed by atoms with E-state index in [4.69, 9.17) is 11.8 Å². The van der Waals surface area contributed by atoms with Gasteiger partial charge in [-0.2, -0.15) is 17.7 Å². The summed E-state index contributed by atoms with van der Waals surface area (Å²) >= 11 is 0. The summed E-state index contributed by atoms with van der Waals surface area (Å²) in [5.74, 6) is 0. The van der Waals surface area contributed by atoms with Crippen LogP contribution in [0.1, 0.15) is 11.1 Å². The summed E-state index contributed by atoms with van der Waals surface area (Å²) in [6.45, 7) is 7.24. The number of anilines is 2. The fourth-order valence-electron chi connectivity index (χ4n) is 1.87. The third kappa shape index (κ3) is 9.10. The SMILES string of the molecule is [C-]#[N+][C-]=Cc1ccc(NCNc2ccc(C=[C-]C#N)cc2)cc1.[Y].[Y]. The number of nitriles is 1. The Hall–Kier alpha value is -1.29. The van der Waals surface area contributed by atoms with E-state index in [2.05, 4.69) is 27.8 Å². The Morgan fingerprint density at radius 2 is 1.40 bits per heavy atom. The van der Waals surface area contributed by atoms with Crippen molar-refractivity contribution in [1.82, 2.24) is 0 Å². The Morgan fingerprint density at radius 3 is 1.84 bits per heavy atom. The van der Waals surface area contributed by atoms with Gasteiger partial charge in [0, 0.05) is 76.8 Å². The van der Waals surface area contributed by atoms with Gasteiger partial charge >= 0.3 is 0 Å². The van der Waals surface area contributed by atoms with Crippen molar-refractivity contribution >= 4 is 23.5 Å². The van der Waals surface area contributed by atoms with Crippen LogP contribution in [0.4, 0.5) is 11.4 Å². The van der Waals surface area contributed by atoms with Crippen molar-refractivity contribution in [3.05, 3.63) is 83.4 Å². The Kier molecular flexibility index (Phi) is 13.2. The van der Waals surface area contributed by atoms with Crippen molar-refractivity contribution in [1.29, 1.82) is 5.26 Å². The number of rotatable bonds is 6. The van der Waals surface area contributed by atoms with Crippen LogP contribution in [-0.4, -0.2) is 6.67 Å². The van der Waals surface area contributed by atoms with Crippen LogP contribution >= 0.6 is 0 Å². The van der Waals surface area contributed by atoms with Gasteiger partial charge in [-0.3, -0.25) is 6.57 Å². The van der Waals surface area contributed by atoms with Gasteiger partial charge in [0.2, 0.25) is 0 Å². The minimum absolute atomic E-state index is 0. The fourth-order valence-corrected chi connectivity index (χ4v) is 1.87. The zero-order valence-electron chi connectivity index (χ0n) is 13.5. The molecule has 0 atom stereocenters. The van der Waals surface area contributed by atoms with E-state index in [0.717, 1.165) is 22.5 Å². The molecule has 118 valence electrons. The van der Waals surface area contributed by atoms with Crippen molar-refractivity contribution in [2.45, 2.75) is 0 Å². The molecule has 0 heterocycles. The predicted octanol–water partition coefficient (Wildman–Crippen LogP) is 4.20. The van der Waals surface area contributed by atoms with E-state index in [1.165, 1.54) is 0 Å². The standard InChI is InChI=1S/C19H14N4.2Y/c1-21-14-12-17-6-10-19(11-7-17)23-15-22-18-8-4-16(5-9-18)3-2-13-20;;/h3-12,22-23H,15H2;;/q-2;;. The Morgan fingerprint density at radius 1 is 0.920 bits per heavy atom. The number of hydrogen-bond acceptors (Lipinski definition) is 3. The van der Waals surface area contributed by atoms with E-state index in [-0.39, 0.29) is 65.4 Å². The average Bonchev–Trinajstić information content (AvgIpc) is 2.60. The second-order valence-corrected chi connectivity index (χ2v) is 4.56. The zero-order chi connectivity index (χ0) is 16.3. The van der Waals surface area contributed by atoms with Crippen molar-refractivity contribution in [2.75, 3.05) is 17.3 Å². The largest absolute Gasteiger partial charge is 0.478 e. The smallest absolute Gasteiger partial charge is 0.0849 e. The molecule has 2 aromatic carbocycles. The Labute approximate surface area is 199 Å². The molecule has 4 nitrogen and oxygen atoms in total. The maximum absolute atomic E-state index is 8.43. The van der Waals surface area contributed by atoms with Gasteiger partial charge < -0.3 is 15.5 Å². The number of hydrogen-bond donors (Lipinski definition) is 2. The van der Waals surface area contributed by atoms with Gasteiger partial charge in [0.15, 0.2) is 0 Å². The molecule has 0 amide bonds. The molecule has 25 heavy (non-hydrogen) atoms. The fraction of sp³-hybridized carbons (Fsp3) is 0.0526. The summed E-state index contributed by atoms with van der Waals surface area (Å²) in [6.07, 6.45) is 8.26. The number of allylic oxidation sites excluding steroid dienone is 1. The summed E-state index contributed by atoms with van der Waals surface area (Å²) in [7, 11) is 0. The van der Waals surface area contributed by atoms with E-state index >= 15 is 0 Å². The molecule has 0 saturated carbocycles. The normalized spacial score (nSPS) is 9.52. The second-order valence-electron chi connectivity index (χ2n) is 4.56. The van der Waals surface area contributed by atoms with Crippen LogP contribution in [0.15, 0.2) is 48.5 Å². The van der Waals surface area contributed by atoms with E-state index in [1.807, 2.05) is 54.6 Å². The van der Waals surface area contributed by atoms with Crippen molar-refractivity contribution < 1.29 is 65.4 Å². The molecule has 0 aliphatic rings. The second kappa shape index (κ2) is 13.9. The van der Waals surface area contributed by atoms with Crippen LogP contribution in [0.25, 0.3) is 17.0 Å². The monoisotopic (exact) mass is 476 g/mol. The molecule has 0 aliphatic carbocycles. The van der Waals surface area contributed by atoms with Crippen LogP contribution in [0, 0.1) is 30.2 Å². The first-order chi connectivity index (χ1) is 11.3. The topological polar surface area (TPSA) is 52.2 Å². The van der Waals surface area contributed by atoms with Crippen molar-refractivity contribution in [2.24, 2.45) is 0 Å². The molecular formula is C19H14N4Y2-2. The molecule has 0 fully saturated rings. The summed E-state index contributed by atoms with van der Waals surface area (Å²) < 4.78 is 0. The molecule has 2 radical (unpaired) electrons. The van der Waals surface area contributed by atoms with Crippen molar-refractivity contribution in [3.8, 4) is 6.07 Å². The first-order valence-corrected chi connectivity index (χ1v) is 6.93. The van der Waals surface area contributed by atoms with Crippen LogP contribution in [0.2, 0.25) is 0 Å². The number of nitrogens with zero attached hydrogens (tertiary/aromatic N) is 2. The first kappa shape index (κ1) is 23.7. The molecule has 0 bridgehead atoms. The van der Waals surface area contributed by atoms with Gasteiger partial charge in [0.25, 0.3) is 0 Å². The first-order valence-electron chi connectivity index (χ1n) is 6.93. The van der Waals surface area contributed by atoms with Gasteiger partial charge in [-0.15, -0.1) is 12.1 Å². The molecule has 0 spiro atoms. The molecule has 2 N–H and O–H groups in total. The molecule has 0 aliphatic heterocycles. The van der Waals surface area contributed by atoms with Gasteiger partial charge in [0.05, 0.1) is 6.67 Å². The van der Waals surface area contributed by atoms with E-state index in [1.54, 1.807) is 12.2 Å². The van der Waals surface area contributed by atoms with Crippen LogP contribution < -0.4 is 10.6 Å². The predicted molar refractivity (Wildman–Crippen MR) is 92.6 cm³/mol. The molecular weight excluding hydrogens is 462 g/mol. The molecule has 6 heteroatoms. The minimum Gasteiger partial charge on any atom is -0.478 e. The maximum atomic E-state index is 8.43. The number of benzene rings is 2. The average molecular weight is 476 g/mol. The molecule has 0 unspecified atom stereocenters. The minimum atomic E-state index is 0. The number of nitrogens with one attached hydrogen (secondary N) is 2. The van der Waals surface area contributed by atoms with E-state index in [0.29, 0.717) is 6.67 Å². The zero-order valence-corrected chi connectivity index (χ0v) is 19.2. The molecule has 2 rings (SSSR count). The molecule has 2 aromatic rings. The third-order valence-electron chi connectivity index (χ3n) is 3.01. The van der Waals surface area contributed by atoms with E-state index in [9.17, 15) is 0 Å². The van der Waals surface area contributed by atoms with Crippen LogP contribution in [0.5, 0.6) is 0 Å². The Balaban J connectivity index is 0.00000288. The summed E-state index contributed by atoms with van der Waals surface area (Å²) in [5.41, 5.74) is 3.85. The summed E-state index contributed by atoms with van der Waals surface area (Å²) in [5, 5.41) is 14.9. The third-order valence-corrected chi connectivity index (χ3v) is 3.01. The van der Waals surface area contributed by atoms with Crippen LogP contribution in [0.3, 0.4) is 0 Å². The van der Waals surface area contributed by atoms with Gasteiger partial charge in [-0.1, -0.05) is 36.0 Å². The summed E-state index contributed by atoms with van der Waals surface area (Å²) in [4.78, 5) is 3.06. The molecule has 0 saturated heterocycles. The molecule has 0 aromatic heterocycles. The van der Waals surface area contributed by atoms with E-state index < -0.39 is 0 Å². The van der Waals surface area contributed by atoms with Gasteiger partial charge in [-0.05, 0) is 18.2 Å². The van der Waals surface area contributed by atoms with Crippen LogP contribution in [-0.2, 0) is 65.4 Å². The quantitative estimate of drug-likeness (QED) is 0.374. The Bertz CT molecular complexity index is 700.